The van der Waals surface area contributed by atoms with Gasteiger partial charge in [-0.25, -0.2) is 0 Å². The van der Waals surface area contributed by atoms with Crippen molar-refractivity contribution in [1.82, 2.24) is 0 Å². The fourth-order valence-electron chi connectivity index (χ4n) is 1.73. The third kappa shape index (κ3) is 1.47. The van der Waals surface area contributed by atoms with Gasteiger partial charge in [0.15, 0.2) is 6.29 Å². The quantitative estimate of drug-likeness (QED) is 0.682. The molecule has 1 unspecified atom stereocenters. The lowest BCUT2D eigenvalue weighted by atomic mass is 10.1. The van der Waals surface area contributed by atoms with Crippen molar-refractivity contribution in [2.24, 2.45) is 0 Å². The van der Waals surface area contributed by atoms with Crippen molar-refractivity contribution in [1.29, 1.82) is 0 Å². The lowest BCUT2D eigenvalue weighted by molar-refractivity contribution is -0.146. The van der Waals surface area contributed by atoms with E-state index in [1.807, 2.05) is 25.1 Å². The highest BCUT2D eigenvalue weighted by Gasteiger charge is 2.29. The largest absolute Gasteiger partial charge is 0.349 e. The molecule has 0 N–H and O–H groups in total. The van der Waals surface area contributed by atoms with Crippen LogP contribution >= 0.6 is 0 Å². The first-order valence-corrected chi connectivity index (χ1v) is 4.85. The summed E-state index contributed by atoms with van der Waals surface area (Å²) in [5.74, 6) is 0. The van der Waals surface area contributed by atoms with Crippen LogP contribution < -0.4 is 0 Å². The molecule has 0 saturated heterocycles. The van der Waals surface area contributed by atoms with Crippen molar-refractivity contribution >= 4 is 0 Å². The van der Waals surface area contributed by atoms with Gasteiger partial charge in [0, 0.05) is 12.2 Å². The normalized spacial score (nSPS) is 24.6. The van der Waals surface area contributed by atoms with Crippen molar-refractivity contribution in [3.8, 4) is 0 Å². The Morgan fingerprint density at radius 2 is 2.14 bits per heavy atom. The molecule has 0 spiro atoms. The molecule has 0 amide bonds. The van der Waals surface area contributed by atoms with E-state index < -0.39 is 0 Å². The summed E-state index contributed by atoms with van der Waals surface area (Å²) in [6, 6.07) is 8.10. The Hall–Kier alpha value is -1.12. The highest BCUT2D eigenvalue weighted by Crippen LogP contribution is 2.39. The fourth-order valence-corrected chi connectivity index (χ4v) is 1.73. The minimum atomic E-state index is -0.223. The number of rotatable bonds is 3. The zero-order valence-corrected chi connectivity index (χ0v) is 8.27. The van der Waals surface area contributed by atoms with Crippen molar-refractivity contribution in [2.75, 3.05) is 6.61 Å². The second kappa shape index (κ2) is 3.95. The third-order valence-corrected chi connectivity index (χ3v) is 2.36. The summed E-state index contributed by atoms with van der Waals surface area (Å²) in [7, 11) is 0. The van der Waals surface area contributed by atoms with Gasteiger partial charge in [-0.3, -0.25) is 0 Å². The molecule has 0 radical (unpaired) electrons. The molecule has 14 heavy (non-hydrogen) atoms. The molecule has 1 aliphatic rings. The van der Waals surface area contributed by atoms with E-state index in [4.69, 9.17) is 9.47 Å². The molecule has 1 heterocycles. The zero-order chi connectivity index (χ0) is 9.97. The lowest BCUT2D eigenvalue weighted by Gasteiger charge is -2.11. The summed E-state index contributed by atoms with van der Waals surface area (Å²) in [5, 5.41) is 0. The van der Waals surface area contributed by atoms with Crippen LogP contribution in [0.3, 0.4) is 0 Å². The van der Waals surface area contributed by atoms with Gasteiger partial charge in [0.2, 0.25) is 0 Å². The Morgan fingerprint density at radius 1 is 1.43 bits per heavy atom. The van der Waals surface area contributed by atoms with Crippen LogP contribution in [0.15, 0.2) is 36.9 Å². The van der Waals surface area contributed by atoms with Gasteiger partial charge in [-0.2, -0.15) is 0 Å². The van der Waals surface area contributed by atoms with Gasteiger partial charge in [0.1, 0.15) is 6.10 Å². The minimum Gasteiger partial charge on any atom is -0.349 e. The summed E-state index contributed by atoms with van der Waals surface area (Å²) >= 11 is 0. The van der Waals surface area contributed by atoms with Crippen molar-refractivity contribution in [2.45, 2.75) is 19.3 Å². The topological polar surface area (TPSA) is 18.5 Å². The van der Waals surface area contributed by atoms with Crippen molar-refractivity contribution in [3.63, 3.8) is 0 Å². The van der Waals surface area contributed by atoms with Gasteiger partial charge in [-0.05, 0) is 12.5 Å². The summed E-state index contributed by atoms with van der Waals surface area (Å²) in [4.78, 5) is 0. The fraction of sp³-hybridized carbons (Fsp3) is 0.333. The minimum absolute atomic E-state index is 0.0252. The van der Waals surface area contributed by atoms with E-state index in [2.05, 4.69) is 12.6 Å². The molecule has 74 valence electrons. The van der Waals surface area contributed by atoms with Crippen molar-refractivity contribution in [3.05, 3.63) is 48.0 Å². The first-order valence-electron chi connectivity index (χ1n) is 4.85. The molecule has 0 bridgehead atoms. The molecule has 0 fully saturated rings. The molecule has 1 aromatic carbocycles. The van der Waals surface area contributed by atoms with E-state index in [1.165, 1.54) is 5.56 Å². The maximum atomic E-state index is 5.68. The Labute approximate surface area is 84.2 Å². The van der Waals surface area contributed by atoms with E-state index in [0.29, 0.717) is 6.61 Å². The predicted molar refractivity (Wildman–Crippen MR) is 54.8 cm³/mol. The summed E-state index contributed by atoms with van der Waals surface area (Å²) in [5.41, 5.74) is 2.29. The Balaban J connectivity index is 2.33. The van der Waals surface area contributed by atoms with Crippen LogP contribution in [0.4, 0.5) is 0 Å². The predicted octanol–water partition coefficient (Wildman–Crippen LogP) is 2.98. The zero-order valence-electron chi connectivity index (χ0n) is 8.27. The van der Waals surface area contributed by atoms with Gasteiger partial charge in [-0.1, -0.05) is 30.3 Å². The van der Waals surface area contributed by atoms with Crippen molar-refractivity contribution < 1.29 is 9.47 Å². The SMILES string of the molecule is C=C[C@H]1OC(OCC)c2ccccc21. The van der Waals surface area contributed by atoms with Crippen LogP contribution in [0.2, 0.25) is 0 Å². The smallest absolute Gasteiger partial charge is 0.185 e. The van der Waals surface area contributed by atoms with Crippen LogP contribution in [-0.4, -0.2) is 6.61 Å². The van der Waals surface area contributed by atoms with E-state index in [-0.39, 0.29) is 12.4 Å². The second-order valence-electron chi connectivity index (χ2n) is 3.21. The van der Waals surface area contributed by atoms with Crippen LogP contribution in [0.25, 0.3) is 0 Å². The maximum absolute atomic E-state index is 5.68. The highest BCUT2D eigenvalue weighted by atomic mass is 16.7. The van der Waals surface area contributed by atoms with E-state index in [0.717, 1.165) is 5.56 Å². The monoisotopic (exact) mass is 190 g/mol. The lowest BCUT2D eigenvalue weighted by Crippen LogP contribution is -2.02. The van der Waals surface area contributed by atoms with Crippen LogP contribution in [-0.2, 0) is 9.47 Å². The molecule has 0 saturated carbocycles. The van der Waals surface area contributed by atoms with E-state index in [1.54, 1.807) is 6.08 Å². The van der Waals surface area contributed by atoms with Crippen LogP contribution in [0.5, 0.6) is 0 Å². The number of benzene rings is 1. The number of hydrogen-bond acceptors (Lipinski definition) is 2. The van der Waals surface area contributed by atoms with E-state index in [9.17, 15) is 0 Å². The first kappa shape index (κ1) is 9.44. The number of ether oxygens (including phenoxy) is 2. The second-order valence-corrected chi connectivity index (χ2v) is 3.21. The molecule has 1 aliphatic heterocycles. The molecule has 2 heteroatoms. The number of fused-ring (bicyclic) bond motifs is 1. The average Bonchev–Trinajstić information content (AvgIpc) is 2.58. The molecule has 1 aromatic rings. The summed E-state index contributed by atoms with van der Waals surface area (Å²) in [6.45, 7) is 6.38. The van der Waals surface area contributed by atoms with Crippen LogP contribution in [0.1, 0.15) is 30.4 Å². The Bertz CT molecular complexity index is 333. The molecule has 0 aliphatic carbocycles. The van der Waals surface area contributed by atoms with Gasteiger partial charge in [-0.15, -0.1) is 6.58 Å². The number of hydrogen-bond donors (Lipinski definition) is 0. The molecule has 2 atom stereocenters. The summed E-state index contributed by atoms with van der Waals surface area (Å²) in [6.07, 6.45) is 1.56. The van der Waals surface area contributed by atoms with Gasteiger partial charge >= 0.3 is 0 Å². The Morgan fingerprint density at radius 3 is 2.79 bits per heavy atom. The molecule has 2 rings (SSSR count). The van der Waals surface area contributed by atoms with Gasteiger partial charge in [0.25, 0.3) is 0 Å². The molecule has 0 aromatic heterocycles. The van der Waals surface area contributed by atoms with Crippen LogP contribution in [0, 0.1) is 0 Å². The first-order chi connectivity index (χ1) is 6.86. The van der Waals surface area contributed by atoms with E-state index >= 15 is 0 Å². The highest BCUT2D eigenvalue weighted by molar-refractivity contribution is 5.35. The molecule has 2 nitrogen and oxygen atoms in total. The molecular formula is C12H14O2. The summed E-state index contributed by atoms with van der Waals surface area (Å²) < 4.78 is 11.2. The van der Waals surface area contributed by atoms with Gasteiger partial charge in [0.05, 0.1) is 0 Å². The Kier molecular flexibility index (Phi) is 2.66. The third-order valence-electron chi connectivity index (χ3n) is 2.36. The molecular weight excluding hydrogens is 176 g/mol. The van der Waals surface area contributed by atoms with Gasteiger partial charge < -0.3 is 9.47 Å². The standard InChI is InChI=1S/C12H14O2/c1-3-11-9-7-5-6-8-10(9)12(14-11)13-4-2/h3,5-8,11-12H,1,4H2,2H3/t11-,12?/m1/s1. The average molecular weight is 190 g/mol. The maximum Gasteiger partial charge on any atom is 0.185 e.